The zero-order valence-corrected chi connectivity index (χ0v) is 19.6. The topological polar surface area (TPSA) is 99.9 Å². The van der Waals surface area contributed by atoms with E-state index in [1.165, 1.54) is 18.3 Å². The van der Waals surface area contributed by atoms with E-state index >= 15 is 0 Å². The first-order valence-electron chi connectivity index (χ1n) is 9.49. The van der Waals surface area contributed by atoms with Gasteiger partial charge in [-0.1, -0.05) is 23.2 Å². The highest BCUT2D eigenvalue weighted by Gasteiger charge is 2.17. The van der Waals surface area contributed by atoms with Crippen molar-refractivity contribution >= 4 is 80.5 Å². The number of anilines is 1. The van der Waals surface area contributed by atoms with Gasteiger partial charge in [-0.15, -0.1) is 0 Å². The van der Waals surface area contributed by atoms with Gasteiger partial charge < -0.3 is 14.4 Å². The molecule has 166 valence electrons. The second kappa shape index (κ2) is 8.75. The molecule has 0 fully saturated rings. The maximum Gasteiger partial charge on any atom is 0.324 e. The van der Waals surface area contributed by atoms with Gasteiger partial charge in [0.05, 0.1) is 11.8 Å². The van der Waals surface area contributed by atoms with Gasteiger partial charge in [0.15, 0.2) is 17.0 Å². The van der Waals surface area contributed by atoms with Crippen LogP contribution in [0.25, 0.3) is 27.9 Å². The average molecular weight is 520 g/mol. The molecule has 0 radical (unpaired) electrons. The molecule has 33 heavy (non-hydrogen) atoms. The number of benzene rings is 2. The lowest BCUT2D eigenvalue weighted by atomic mass is 10.2. The van der Waals surface area contributed by atoms with Gasteiger partial charge in [0.2, 0.25) is 5.28 Å². The molecular formula is C21H13Cl3N6O2S. The lowest BCUT2D eigenvalue weighted by molar-refractivity contribution is -0.135. The van der Waals surface area contributed by atoms with E-state index in [1.54, 1.807) is 22.5 Å². The van der Waals surface area contributed by atoms with Gasteiger partial charge >= 0.3 is 5.97 Å². The molecule has 2 aromatic carbocycles. The Kier molecular flexibility index (Phi) is 5.79. The molecule has 5 rings (SSSR count). The van der Waals surface area contributed by atoms with Gasteiger partial charge in [0, 0.05) is 32.2 Å². The van der Waals surface area contributed by atoms with E-state index in [2.05, 4.69) is 19.9 Å². The fourth-order valence-corrected chi connectivity index (χ4v) is 5.27. The molecular weight excluding hydrogens is 507 g/mol. The Hall–Kier alpha value is -2.98. The van der Waals surface area contributed by atoms with Crippen LogP contribution in [0.1, 0.15) is 0 Å². The molecule has 0 atom stereocenters. The molecule has 0 amide bonds. The zero-order valence-electron chi connectivity index (χ0n) is 16.5. The van der Waals surface area contributed by atoms with E-state index in [1.807, 2.05) is 35.0 Å². The van der Waals surface area contributed by atoms with Gasteiger partial charge in [-0.05, 0) is 66.0 Å². The Balaban J connectivity index is 1.55. The fraction of sp³-hybridized carbons (Fsp3) is 0.0476. The lowest BCUT2D eigenvalue weighted by Crippen LogP contribution is -2.22. The number of carbonyl (C=O) groups is 1. The summed E-state index contributed by atoms with van der Waals surface area (Å²) in [7, 11) is 0. The van der Waals surface area contributed by atoms with E-state index in [-0.39, 0.29) is 11.8 Å². The minimum atomic E-state index is -0.968. The number of hydrogen-bond acceptors (Lipinski definition) is 6. The van der Waals surface area contributed by atoms with Crippen LogP contribution in [0.3, 0.4) is 0 Å². The van der Waals surface area contributed by atoms with Crippen molar-refractivity contribution in [2.24, 2.45) is 0 Å². The Morgan fingerprint density at radius 2 is 1.88 bits per heavy atom. The van der Waals surface area contributed by atoms with Crippen molar-refractivity contribution in [3.63, 3.8) is 0 Å². The number of nitrogens with one attached hydrogen (secondary N) is 1. The van der Waals surface area contributed by atoms with Gasteiger partial charge in [0.25, 0.3) is 0 Å². The van der Waals surface area contributed by atoms with Gasteiger partial charge in [-0.3, -0.25) is 9.36 Å². The first-order chi connectivity index (χ1) is 15.9. The van der Waals surface area contributed by atoms with Crippen molar-refractivity contribution in [2.45, 2.75) is 4.90 Å². The number of H-pyrrole nitrogens is 1. The van der Waals surface area contributed by atoms with Crippen LogP contribution in [0.15, 0.2) is 59.9 Å². The number of fused-ring (bicyclic) bond motifs is 2. The number of halogens is 3. The molecule has 0 unspecified atom stereocenters. The Morgan fingerprint density at radius 3 is 2.64 bits per heavy atom. The van der Waals surface area contributed by atoms with Crippen LogP contribution in [0, 0.1) is 0 Å². The molecule has 3 heterocycles. The summed E-state index contributed by atoms with van der Waals surface area (Å²) in [5.74, 6) is -0.427. The first-order valence-corrected chi connectivity index (χ1v) is 11.4. The van der Waals surface area contributed by atoms with Crippen LogP contribution < -0.4 is 4.31 Å². The zero-order chi connectivity index (χ0) is 23.1. The van der Waals surface area contributed by atoms with Crippen LogP contribution in [-0.4, -0.2) is 42.1 Å². The maximum atomic E-state index is 11.5. The molecule has 12 heteroatoms. The smallest absolute Gasteiger partial charge is 0.324 e. The monoisotopic (exact) mass is 518 g/mol. The summed E-state index contributed by atoms with van der Waals surface area (Å²) in [6.07, 6.45) is 3.39. The molecule has 3 aromatic heterocycles. The summed E-state index contributed by atoms with van der Waals surface area (Å²) in [4.78, 5) is 28.0. The number of carboxylic acid groups (broad SMARTS) is 1. The average Bonchev–Trinajstić information content (AvgIpc) is 3.38. The number of imidazole rings is 1. The lowest BCUT2D eigenvalue weighted by Gasteiger charge is -2.22. The second-order valence-corrected chi connectivity index (χ2v) is 9.28. The first kappa shape index (κ1) is 21.8. The highest BCUT2D eigenvalue weighted by molar-refractivity contribution is 8.00. The second-order valence-electron chi connectivity index (χ2n) is 6.97. The quantitative estimate of drug-likeness (QED) is 0.214. The molecule has 0 aliphatic carbocycles. The number of nitrogens with zero attached hydrogens (tertiary/aromatic N) is 5. The minimum Gasteiger partial charge on any atom is -0.480 e. The minimum absolute atomic E-state index is 0.101. The Labute approximate surface area is 206 Å². The van der Waals surface area contributed by atoms with Crippen molar-refractivity contribution in [1.82, 2.24) is 24.5 Å². The van der Waals surface area contributed by atoms with Crippen LogP contribution >= 0.6 is 46.8 Å². The number of aromatic amines is 1. The summed E-state index contributed by atoms with van der Waals surface area (Å²) in [6.45, 7) is -0.226. The summed E-state index contributed by atoms with van der Waals surface area (Å²) < 4.78 is 3.52. The predicted molar refractivity (Wildman–Crippen MR) is 131 cm³/mol. The molecule has 0 bridgehead atoms. The van der Waals surface area contributed by atoms with Gasteiger partial charge in [0.1, 0.15) is 6.54 Å². The molecule has 0 aliphatic rings. The van der Waals surface area contributed by atoms with Crippen molar-refractivity contribution in [3.05, 3.63) is 70.3 Å². The van der Waals surface area contributed by atoms with Crippen LogP contribution in [0.5, 0.6) is 0 Å². The van der Waals surface area contributed by atoms with Crippen LogP contribution in [0.2, 0.25) is 15.3 Å². The van der Waals surface area contributed by atoms with E-state index in [0.717, 1.165) is 15.8 Å². The summed E-state index contributed by atoms with van der Waals surface area (Å²) in [6, 6.07) is 12.6. The molecule has 8 nitrogen and oxygen atoms in total. The van der Waals surface area contributed by atoms with E-state index < -0.39 is 5.97 Å². The molecule has 0 spiro atoms. The number of aliphatic carboxylic acids is 1. The Morgan fingerprint density at radius 1 is 1.09 bits per heavy atom. The van der Waals surface area contributed by atoms with Crippen molar-refractivity contribution < 1.29 is 9.90 Å². The SMILES string of the molecule is O=C(O)CN(Sc1cc(Cl)cc(Cl)c1)c1ccc2c(ccn2-c2nc(Cl)nc3[nH]cnc23)c1. The largest absolute Gasteiger partial charge is 0.480 e. The standard InChI is InChI=1S/C21H13Cl3N6O2S/c22-12-6-13(23)8-15(7-12)33-30(9-17(31)32)14-1-2-16-11(5-14)3-4-29(16)20-18-19(26-10-25-18)27-21(24)28-20/h1-8,10H,9H2,(H,31,32)(H,25,26,27,28). The predicted octanol–water partition coefficient (Wildman–Crippen LogP) is 5.86. The third kappa shape index (κ3) is 4.45. The highest BCUT2D eigenvalue weighted by Crippen LogP contribution is 2.34. The third-order valence-corrected chi connectivity index (χ3v) is 6.37. The molecule has 2 N–H and O–H groups in total. The normalized spacial score (nSPS) is 11.4. The number of hydrogen-bond donors (Lipinski definition) is 2. The van der Waals surface area contributed by atoms with E-state index in [9.17, 15) is 9.90 Å². The molecule has 0 aliphatic heterocycles. The summed E-state index contributed by atoms with van der Waals surface area (Å²) >= 11 is 19.5. The van der Waals surface area contributed by atoms with Crippen molar-refractivity contribution in [3.8, 4) is 5.82 Å². The molecule has 5 aromatic rings. The maximum absolute atomic E-state index is 11.5. The van der Waals surface area contributed by atoms with Crippen molar-refractivity contribution in [2.75, 3.05) is 10.8 Å². The van der Waals surface area contributed by atoms with Crippen LogP contribution in [-0.2, 0) is 4.79 Å². The van der Waals surface area contributed by atoms with Gasteiger partial charge in [-0.25, -0.2) is 4.98 Å². The Bertz CT molecular complexity index is 1500. The number of carboxylic acids is 1. The number of rotatable bonds is 6. The third-order valence-electron chi connectivity index (χ3n) is 4.75. The van der Waals surface area contributed by atoms with E-state index in [0.29, 0.717) is 32.7 Å². The fourth-order valence-electron chi connectivity index (χ4n) is 3.44. The van der Waals surface area contributed by atoms with E-state index in [4.69, 9.17) is 34.8 Å². The van der Waals surface area contributed by atoms with Crippen molar-refractivity contribution in [1.29, 1.82) is 0 Å². The van der Waals surface area contributed by atoms with Crippen LogP contribution in [0.4, 0.5) is 5.69 Å². The summed E-state index contributed by atoms with van der Waals surface area (Å²) in [5, 5.41) is 11.4. The molecule has 0 saturated carbocycles. The molecule has 0 saturated heterocycles. The van der Waals surface area contributed by atoms with Gasteiger partial charge in [-0.2, -0.15) is 9.97 Å². The summed E-state index contributed by atoms with van der Waals surface area (Å²) in [5.41, 5.74) is 2.67. The highest BCUT2D eigenvalue weighted by atomic mass is 35.5. The number of aromatic nitrogens is 5.